The molecule has 2 bridgehead atoms. The van der Waals surface area contributed by atoms with Crippen molar-refractivity contribution in [2.75, 3.05) is 0 Å². The number of Topliss-reactive ketones (excluding diaryl/α,β-unsaturated/α-hetero) is 2. The highest BCUT2D eigenvalue weighted by Crippen LogP contribution is 2.54. The van der Waals surface area contributed by atoms with E-state index in [0.717, 1.165) is 11.8 Å². The third kappa shape index (κ3) is 20.2. The highest BCUT2D eigenvalue weighted by atomic mass is 32.1. The minimum Gasteiger partial charge on any atom is -0.391 e. The van der Waals surface area contributed by atoms with Gasteiger partial charge in [-0.2, -0.15) is 4.39 Å². The number of halogens is 12. The molecule has 1 saturated carbocycles. The number of aryl methyl sites for hydroxylation is 1. The summed E-state index contributed by atoms with van der Waals surface area (Å²) < 4.78 is 163. The number of pyridine rings is 1. The minimum atomic E-state index is -2.13. The molecular formula is C73H93F12NO4S2. The number of carbonyl (C=O) groups excluding carboxylic acids is 2. The van der Waals surface area contributed by atoms with Crippen LogP contribution >= 0.6 is 22.7 Å². The van der Waals surface area contributed by atoms with Crippen molar-refractivity contribution < 1.29 is 72.1 Å². The van der Waals surface area contributed by atoms with Gasteiger partial charge in [0, 0.05) is 36.9 Å². The number of carbonyl (C=O) groups is 2. The Hall–Kier alpha value is -5.63. The maximum absolute atomic E-state index is 13.5. The second-order valence-corrected chi connectivity index (χ2v) is 32.8. The van der Waals surface area contributed by atoms with Gasteiger partial charge in [0.25, 0.3) is 0 Å². The molecule has 5 heterocycles. The number of aliphatic hydroxyl groups excluding tert-OH is 1. The van der Waals surface area contributed by atoms with Crippen LogP contribution in [0.1, 0.15) is 207 Å². The Morgan fingerprint density at radius 3 is 1.27 bits per heavy atom. The summed E-state index contributed by atoms with van der Waals surface area (Å²) in [6.07, 6.45) is 4.40. The van der Waals surface area contributed by atoms with Crippen molar-refractivity contribution in [3.8, 4) is 0 Å². The molecule has 92 heavy (non-hydrogen) atoms. The van der Waals surface area contributed by atoms with Gasteiger partial charge in [-0.1, -0.05) is 194 Å². The van der Waals surface area contributed by atoms with E-state index >= 15 is 0 Å². The van der Waals surface area contributed by atoms with Crippen molar-refractivity contribution in [1.29, 1.82) is 0 Å². The Bertz CT molecular complexity index is 3370. The van der Waals surface area contributed by atoms with Crippen LogP contribution in [0.15, 0.2) is 72.1 Å². The minimum absolute atomic E-state index is 0.00284. The molecule has 510 valence electrons. The van der Waals surface area contributed by atoms with Gasteiger partial charge in [0.1, 0.15) is 11.6 Å². The molecule has 5 nitrogen and oxygen atoms in total. The first-order valence-electron chi connectivity index (χ1n) is 30.2. The van der Waals surface area contributed by atoms with Crippen molar-refractivity contribution in [2.45, 2.75) is 223 Å². The zero-order chi connectivity index (χ0) is 71.3. The number of hydrogen-bond donors (Lipinski definition) is 1. The number of aromatic nitrogens is 1. The van der Waals surface area contributed by atoms with Gasteiger partial charge >= 0.3 is 0 Å². The molecule has 9 rings (SSSR count). The fourth-order valence-electron chi connectivity index (χ4n) is 10.2. The van der Waals surface area contributed by atoms with E-state index in [0.29, 0.717) is 17.3 Å². The third-order valence-corrected chi connectivity index (χ3v) is 17.9. The number of rotatable bonds is 2. The first kappa shape index (κ1) is 80.6. The fourth-order valence-corrected chi connectivity index (χ4v) is 12.0. The molecule has 1 N–H and O–H groups in total. The number of ether oxygens (including phenoxy) is 1. The molecule has 5 atom stereocenters. The SMILES string of the molecule is CC(C)(C)CC1C(=O)C2C3C=CC(C)(O3)C2C1=O.CC(C)(C)c1c(F)c(F)c(F)c(F)c1F.CC(C)(C)c1ccc(CO)s1.CC(C)(C)c1ccccc1.CC(C)(C)c1cccs1.Cc1c(F)c(F)c(C(C)(C)C)c(F)c1F.Cc1nc(F)c(F)c(C(C)(C)C)c1F. The number of thiophene rings is 2. The summed E-state index contributed by atoms with van der Waals surface area (Å²) in [5, 5.41) is 11.0. The van der Waals surface area contributed by atoms with Crippen LogP contribution in [0.4, 0.5) is 52.7 Å². The molecule has 6 aromatic rings. The van der Waals surface area contributed by atoms with E-state index < -0.39 is 114 Å². The smallest absolute Gasteiger partial charge is 0.249 e. The molecule has 3 aromatic carbocycles. The molecule has 3 aromatic heterocycles. The predicted molar refractivity (Wildman–Crippen MR) is 346 cm³/mol. The molecule has 1 aliphatic carbocycles. The van der Waals surface area contributed by atoms with Gasteiger partial charge in [0.05, 0.1) is 41.8 Å². The van der Waals surface area contributed by atoms with Crippen molar-refractivity contribution in [3.63, 3.8) is 0 Å². The first-order valence-corrected chi connectivity index (χ1v) is 31.9. The highest BCUT2D eigenvalue weighted by Gasteiger charge is 2.66. The Labute approximate surface area is 545 Å². The van der Waals surface area contributed by atoms with Gasteiger partial charge in [0.15, 0.2) is 58.2 Å². The molecule has 5 unspecified atom stereocenters. The maximum atomic E-state index is 13.5. The predicted octanol–water partition coefficient (Wildman–Crippen LogP) is 21.4. The molecule has 2 fully saturated rings. The fraction of sp³-hybridized carbons (Fsp3) is 0.521. The summed E-state index contributed by atoms with van der Waals surface area (Å²) in [6.45, 7) is 44.0. The lowest BCUT2D eigenvalue weighted by Gasteiger charge is -2.25. The normalized spacial score (nSPS) is 18.6. The number of benzene rings is 3. The van der Waals surface area contributed by atoms with E-state index in [2.05, 4.69) is 142 Å². The van der Waals surface area contributed by atoms with Crippen LogP contribution in [0.2, 0.25) is 0 Å². The van der Waals surface area contributed by atoms with Crippen LogP contribution in [-0.2, 0) is 53.4 Å². The summed E-state index contributed by atoms with van der Waals surface area (Å²) >= 11 is 3.52. The monoisotopic (exact) mass is 1340 g/mol. The summed E-state index contributed by atoms with van der Waals surface area (Å²) in [6, 6.07) is 18.9. The van der Waals surface area contributed by atoms with E-state index in [4.69, 9.17) is 9.84 Å². The largest absolute Gasteiger partial charge is 0.391 e. The Morgan fingerprint density at radius 1 is 0.500 bits per heavy atom. The van der Waals surface area contributed by atoms with Crippen molar-refractivity contribution in [1.82, 2.24) is 4.98 Å². The summed E-state index contributed by atoms with van der Waals surface area (Å²) in [5.41, 5.74) is -3.52. The van der Waals surface area contributed by atoms with Crippen molar-refractivity contribution >= 4 is 34.2 Å². The topological polar surface area (TPSA) is 76.5 Å². The zero-order valence-corrected chi connectivity index (χ0v) is 59.3. The average Bonchev–Trinajstić information content (AvgIpc) is 1.54. The second kappa shape index (κ2) is 30.4. The molecule has 1 saturated heterocycles. The number of ketones is 2. The number of fused-ring (bicyclic) bond motifs is 5. The number of nitrogens with zero attached hydrogens (tertiary/aromatic N) is 1. The molecule has 0 amide bonds. The van der Waals surface area contributed by atoms with Gasteiger partial charge in [0.2, 0.25) is 11.8 Å². The van der Waals surface area contributed by atoms with Crippen LogP contribution < -0.4 is 0 Å². The van der Waals surface area contributed by atoms with Crippen LogP contribution in [0, 0.1) is 107 Å². The average molecular weight is 1340 g/mol. The van der Waals surface area contributed by atoms with E-state index in [-0.39, 0.29) is 58.2 Å². The van der Waals surface area contributed by atoms with Crippen LogP contribution in [0.5, 0.6) is 0 Å². The maximum Gasteiger partial charge on any atom is 0.249 e. The number of hydrogen-bond acceptors (Lipinski definition) is 7. The molecule has 0 radical (unpaired) electrons. The zero-order valence-electron chi connectivity index (χ0n) is 57.6. The van der Waals surface area contributed by atoms with Crippen LogP contribution in [0.25, 0.3) is 0 Å². The second-order valence-electron chi connectivity index (χ2n) is 30.7. The van der Waals surface area contributed by atoms with Crippen LogP contribution in [-0.4, -0.2) is 33.4 Å². The van der Waals surface area contributed by atoms with Gasteiger partial charge in [-0.15, -0.1) is 22.7 Å². The lowest BCUT2D eigenvalue weighted by molar-refractivity contribution is -0.133. The molecule has 19 heteroatoms. The van der Waals surface area contributed by atoms with Crippen molar-refractivity contribution in [3.05, 3.63) is 190 Å². The van der Waals surface area contributed by atoms with Gasteiger partial charge in [-0.3, -0.25) is 9.59 Å². The van der Waals surface area contributed by atoms with E-state index in [1.165, 1.54) is 63.8 Å². The third-order valence-electron chi connectivity index (χ3n) is 15.1. The van der Waals surface area contributed by atoms with Gasteiger partial charge < -0.3 is 9.84 Å². The summed E-state index contributed by atoms with van der Waals surface area (Å²) in [5.74, 6) is -18.6. The Morgan fingerprint density at radius 2 is 0.935 bits per heavy atom. The first-order chi connectivity index (χ1) is 41.6. The highest BCUT2D eigenvalue weighted by molar-refractivity contribution is 7.12. The number of aliphatic hydroxyl groups is 1. The lowest BCUT2D eigenvalue weighted by Crippen LogP contribution is -2.35. The van der Waals surface area contributed by atoms with E-state index in [1.807, 2.05) is 36.5 Å². The summed E-state index contributed by atoms with van der Waals surface area (Å²) in [7, 11) is 0. The quantitative estimate of drug-likeness (QED) is 0.0467. The molecule has 0 spiro atoms. The Kier molecular flexibility index (Phi) is 26.6. The van der Waals surface area contributed by atoms with Crippen LogP contribution in [0.3, 0.4) is 0 Å². The standard InChI is InChI=1S/C15H20O3.C11H12F4.C10H9F5.C10H12F3N.C10H14.C9H14OS.C8H12S/c1-14(2,3)7-8-12(16)10-9-5-6-15(4,18-9)11(10)13(8)17;1-5-7(12)9(14)6(11(2,3)4)10(15)8(5)13;1-10(2,3)4-5(11)7(13)9(15)8(14)6(4)12;1-5-7(11)6(10(2,3)4)8(12)9(13)14-5;1-10(2,3)9-7-5-4-6-8-9;1-9(2,3)8-5-4-7(6-10)11-8;1-8(2,3)7-5-4-6-9-7/h5-6,8-11H,7H2,1-4H3;1-4H3;1-3H3;1-4H3;4-8H,1-3H3;4-5,10H,6H2,1-3H3;4-6H,1-3H3. The van der Waals surface area contributed by atoms with E-state index in [9.17, 15) is 62.3 Å². The lowest BCUT2D eigenvalue weighted by atomic mass is 9.78. The molecular weight excluding hydrogens is 1250 g/mol. The van der Waals surface area contributed by atoms with E-state index in [1.54, 1.807) is 32.1 Å². The van der Waals surface area contributed by atoms with Gasteiger partial charge in [-0.25, -0.2) is 53.3 Å². The molecule has 2 aliphatic heterocycles. The van der Waals surface area contributed by atoms with Gasteiger partial charge in [-0.05, 0) is 94.2 Å². The molecule has 3 aliphatic rings. The Balaban J connectivity index is 0.000000283. The van der Waals surface area contributed by atoms with Crippen molar-refractivity contribution in [2.24, 2.45) is 23.2 Å². The summed E-state index contributed by atoms with van der Waals surface area (Å²) in [4.78, 5) is 32.0.